The molecule has 1 atom stereocenters. The first-order chi connectivity index (χ1) is 12.0. The third kappa shape index (κ3) is 3.87. The second-order valence-corrected chi connectivity index (χ2v) is 7.44. The number of hydrogen-bond acceptors (Lipinski definition) is 3. The Labute approximate surface area is 149 Å². The van der Waals surface area contributed by atoms with Crippen LogP contribution in [0.1, 0.15) is 48.8 Å². The Morgan fingerprint density at radius 1 is 1.20 bits per heavy atom. The molecule has 1 aromatic rings. The second-order valence-electron chi connectivity index (χ2n) is 7.44. The SMILES string of the molecule is COC[C@]1(CC(N)=O)CCCN1C(=O)Cc1ccc2c(c1)CCCC2. The van der Waals surface area contributed by atoms with Crippen molar-refractivity contribution in [2.75, 3.05) is 20.3 Å². The van der Waals surface area contributed by atoms with Crippen molar-refractivity contribution in [1.82, 2.24) is 4.90 Å². The number of fused-ring (bicyclic) bond motifs is 1. The summed E-state index contributed by atoms with van der Waals surface area (Å²) < 4.78 is 5.33. The highest BCUT2D eigenvalue weighted by Gasteiger charge is 2.44. The Balaban J connectivity index is 1.76. The van der Waals surface area contributed by atoms with Gasteiger partial charge in [-0.05, 0) is 55.2 Å². The van der Waals surface area contributed by atoms with Gasteiger partial charge >= 0.3 is 0 Å². The number of primary amides is 1. The van der Waals surface area contributed by atoms with E-state index in [2.05, 4.69) is 18.2 Å². The molecule has 2 aliphatic rings. The predicted molar refractivity (Wildman–Crippen MR) is 96.2 cm³/mol. The lowest BCUT2D eigenvalue weighted by Gasteiger charge is -2.37. The number of carbonyl (C=O) groups is 2. The van der Waals surface area contributed by atoms with Gasteiger partial charge in [0.05, 0.1) is 25.0 Å². The van der Waals surface area contributed by atoms with Crippen LogP contribution in [0.15, 0.2) is 18.2 Å². The van der Waals surface area contributed by atoms with E-state index in [1.54, 1.807) is 7.11 Å². The number of amides is 2. The van der Waals surface area contributed by atoms with Crippen LogP contribution in [-0.2, 0) is 33.6 Å². The van der Waals surface area contributed by atoms with Gasteiger partial charge in [0, 0.05) is 13.7 Å². The first-order valence-electron chi connectivity index (χ1n) is 9.22. The Bertz CT molecular complexity index is 658. The molecule has 0 aromatic heterocycles. The minimum Gasteiger partial charge on any atom is -0.382 e. The van der Waals surface area contributed by atoms with Crippen molar-refractivity contribution in [3.8, 4) is 0 Å². The van der Waals surface area contributed by atoms with Gasteiger partial charge in [-0.3, -0.25) is 9.59 Å². The van der Waals surface area contributed by atoms with Crippen LogP contribution in [0.25, 0.3) is 0 Å². The zero-order chi connectivity index (χ0) is 17.9. The number of hydrogen-bond donors (Lipinski definition) is 1. The molecule has 0 radical (unpaired) electrons. The minimum absolute atomic E-state index is 0.0616. The molecule has 2 N–H and O–H groups in total. The highest BCUT2D eigenvalue weighted by Crippen LogP contribution is 2.33. The first kappa shape index (κ1) is 17.9. The number of ether oxygens (including phenoxy) is 1. The number of rotatable bonds is 6. The maximum Gasteiger partial charge on any atom is 0.227 e. The van der Waals surface area contributed by atoms with Gasteiger partial charge in [-0.15, -0.1) is 0 Å². The number of methoxy groups -OCH3 is 1. The maximum absolute atomic E-state index is 13.0. The number of nitrogens with two attached hydrogens (primary N) is 1. The van der Waals surface area contributed by atoms with Crippen LogP contribution in [-0.4, -0.2) is 42.5 Å². The fourth-order valence-electron chi connectivity index (χ4n) is 4.47. The Morgan fingerprint density at radius 2 is 1.96 bits per heavy atom. The summed E-state index contributed by atoms with van der Waals surface area (Å²) in [4.78, 5) is 26.4. The molecule has 5 nitrogen and oxygen atoms in total. The van der Waals surface area contributed by atoms with Gasteiger partial charge in [0.2, 0.25) is 11.8 Å². The zero-order valence-corrected chi connectivity index (χ0v) is 15.1. The number of likely N-dealkylation sites (tertiary alicyclic amines) is 1. The van der Waals surface area contributed by atoms with Crippen LogP contribution in [0.4, 0.5) is 0 Å². The monoisotopic (exact) mass is 344 g/mol. The summed E-state index contributed by atoms with van der Waals surface area (Å²) in [6.07, 6.45) is 6.92. The molecule has 0 spiro atoms. The molecule has 5 heteroatoms. The van der Waals surface area contributed by atoms with Crippen molar-refractivity contribution < 1.29 is 14.3 Å². The van der Waals surface area contributed by atoms with Crippen molar-refractivity contribution in [3.05, 3.63) is 34.9 Å². The summed E-state index contributed by atoms with van der Waals surface area (Å²) in [5.41, 5.74) is 8.74. The molecule has 1 aliphatic carbocycles. The quantitative estimate of drug-likeness (QED) is 0.858. The molecule has 0 unspecified atom stereocenters. The Kier molecular flexibility index (Phi) is 5.42. The zero-order valence-electron chi connectivity index (χ0n) is 15.1. The van der Waals surface area contributed by atoms with Crippen molar-refractivity contribution in [1.29, 1.82) is 0 Å². The lowest BCUT2D eigenvalue weighted by molar-refractivity contribution is -0.138. The lowest BCUT2D eigenvalue weighted by atomic mass is 9.89. The summed E-state index contributed by atoms with van der Waals surface area (Å²) in [5, 5.41) is 0. The Morgan fingerprint density at radius 3 is 2.68 bits per heavy atom. The largest absolute Gasteiger partial charge is 0.382 e. The number of aryl methyl sites for hydroxylation is 2. The van der Waals surface area contributed by atoms with E-state index in [1.807, 2.05) is 4.90 Å². The van der Waals surface area contributed by atoms with Crippen LogP contribution in [0, 0.1) is 0 Å². The summed E-state index contributed by atoms with van der Waals surface area (Å²) in [5.74, 6) is -0.322. The van der Waals surface area contributed by atoms with Gasteiger partial charge in [-0.1, -0.05) is 18.2 Å². The van der Waals surface area contributed by atoms with Crippen molar-refractivity contribution in [2.45, 2.75) is 56.9 Å². The van der Waals surface area contributed by atoms with Crippen LogP contribution in [0.5, 0.6) is 0 Å². The summed E-state index contributed by atoms with van der Waals surface area (Å²) >= 11 is 0. The molecule has 0 bridgehead atoms. The van der Waals surface area contributed by atoms with Gasteiger partial charge in [-0.25, -0.2) is 0 Å². The third-order valence-corrected chi connectivity index (χ3v) is 5.58. The normalized spacial score (nSPS) is 22.7. The fraction of sp³-hybridized carbons (Fsp3) is 0.600. The predicted octanol–water partition coefficient (Wildman–Crippen LogP) is 1.99. The fourth-order valence-corrected chi connectivity index (χ4v) is 4.47. The minimum atomic E-state index is -0.578. The van der Waals surface area contributed by atoms with E-state index in [-0.39, 0.29) is 18.2 Å². The van der Waals surface area contributed by atoms with E-state index in [0.29, 0.717) is 19.6 Å². The molecule has 1 aromatic carbocycles. The second kappa shape index (κ2) is 7.56. The van der Waals surface area contributed by atoms with E-state index < -0.39 is 5.54 Å². The number of benzene rings is 1. The number of carbonyl (C=O) groups excluding carboxylic acids is 2. The summed E-state index contributed by atoms with van der Waals surface area (Å²) in [6, 6.07) is 6.44. The van der Waals surface area contributed by atoms with Crippen LogP contribution < -0.4 is 5.73 Å². The molecular weight excluding hydrogens is 316 g/mol. The molecule has 25 heavy (non-hydrogen) atoms. The molecule has 136 valence electrons. The molecule has 1 heterocycles. The van der Waals surface area contributed by atoms with Gasteiger partial charge in [0.25, 0.3) is 0 Å². The van der Waals surface area contributed by atoms with E-state index in [9.17, 15) is 9.59 Å². The first-order valence-corrected chi connectivity index (χ1v) is 9.22. The highest BCUT2D eigenvalue weighted by atomic mass is 16.5. The average molecular weight is 344 g/mol. The van der Waals surface area contributed by atoms with Gasteiger partial charge in [-0.2, -0.15) is 0 Å². The van der Waals surface area contributed by atoms with Crippen molar-refractivity contribution in [3.63, 3.8) is 0 Å². The third-order valence-electron chi connectivity index (χ3n) is 5.58. The van der Waals surface area contributed by atoms with E-state index in [0.717, 1.165) is 31.2 Å². The Hall–Kier alpha value is -1.88. The van der Waals surface area contributed by atoms with E-state index in [1.165, 1.54) is 24.0 Å². The summed E-state index contributed by atoms with van der Waals surface area (Å²) in [6.45, 7) is 1.02. The molecule has 1 saturated heterocycles. The van der Waals surface area contributed by atoms with Gasteiger partial charge in [0.15, 0.2) is 0 Å². The molecule has 1 aliphatic heterocycles. The highest BCUT2D eigenvalue weighted by molar-refractivity contribution is 5.82. The molecule has 3 rings (SSSR count). The topological polar surface area (TPSA) is 72.6 Å². The maximum atomic E-state index is 13.0. The van der Waals surface area contributed by atoms with Crippen LogP contribution in [0.2, 0.25) is 0 Å². The van der Waals surface area contributed by atoms with Crippen molar-refractivity contribution >= 4 is 11.8 Å². The molecule has 2 amide bonds. The van der Waals surface area contributed by atoms with Crippen molar-refractivity contribution in [2.24, 2.45) is 5.73 Å². The average Bonchev–Trinajstić information content (AvgIpc) is 2.97. The van der Waals surface area contributed by atoms with Gasteiger partial charge in [0.1, 0.15) is 0 Å². The number of nitrogens with zero attached hydrogens (tertiary/aromatic N) is 1. The standard InChI is InChI=1S/C20H28N2O3/c1-25-14-20(13-18(21)23)9-4-10-22(20)19(24)12-15-7-8-16-5-2-3-6-17(16)11-15/h7-8,11H,2-6,9-10,12-14H2,1H3,(H2,21,23)/t20-/m1/s1. The van der Waals surface area contributed by atoms with Gasteiger partial charge < -0.3 is 15.4 Å². The van der Waals surface area contributed by atoms with Crippen LogP contribution >= 0.6 is 0 Å². The lowest BCUT2D eigenvalue weighted by Crippen LogP contribution is -2.53. The van der Waals surface area contributed by atoms with Crippen LogP contribution in [0.3, 0.4) is 0 Å². The molecular formula is C20H28N2O3. The van der Waals surface area contributed by atoms with E-state index in [4.69, 9.17) is 10.5 Å². The smallest absolute Gasteiger partial charge is 0.227 e. The molecule has 0 saturated carbocycles. The molecule has 1 fully saturated rings. The summed E-state index contributed by atoms with van der Waals surface area (Å²) in [7, 11) is 1.60. The van der Waals surface area contributed by atoms with E-state index >= 15 is 0 Å².